The van der Waals surface area contributed by atoms with Gasteiger partial charge in [-0.1, -0.05) is 11.8 Å². The summed E-state index contributed by atoms with van der Waals surface area (Å²) in [7, 11) is 0. The molecule has 12 heteroatoms. The molecule has 1 heterocycles. The molecule has 0 aliphatic rings. The quantitative estimate of drug-likeness (QED) is 0.264. The van der Waals surface area contributed by atoms with Crippen LogP contribution < -0.4 is 10.8 Å². The number of aromatic nitrogens is 2. The van der Waals surface area contributed by atoms with Gasteiger partial charge in [-0.25, -0.2) is 18.4 Å². The van der Waals surface area contributed by atoms with Gasteiger partial charge >= 0.3 is 0 Å². The summed E-state index contributed by atoms with van der Waals surface area (Å²) >= 11 is 4.00. The molecule has 1 amide bonds. The van der Waals surface area contributed by atoms with Crippen molar-refractivity contribution in [3.8, 4) is 0 Å². The second kappa shape index (κ2) is 9.44. The largest absolute Gasteiger partial charge is 0.353 e. The Kier molecular flexibility index (Phi) is 7.28. The Morgan fingerprint density at radius 2 is 2.24 bits per heavy atom. The van der Waals surface area contributed by atoms with Gasteiger partial charge in [-0.3, -0.25) is 15.5 Å². The van der Waals surface area contributed by atoms with Crippen LogP contribution >= 0.6 is 27.7 Å². The lowest BCUT2D eigenvalue weighted by atomic mass is 10.3. The predicted molar refractivity (Wildman–Crippen MR) is 89.2 cm³/mol. The van der Waals surface area contributed by atoms with E-state index in [0.29, 0.717) is 5.69 Å². The molecule has 0 aliphatic heterocycles. The number of amidine groups is 1. The van der Waals surface area contributed by atoms with Crippen LogP contribution in [0.3, 0.4) is 0 Å². The summed E-state index contributed by atoms with van der Waals surface area (Å²) in [6, 6.07) is 3.99. The normalized spacial score (nSPS) is 11.4. The van der Waals surface area contributed by atoms with E-state index in [4.69, 9.17) is 0 Å². The first kappa shape index (κ1) is 19.3. The fourth-order valence-electron chi connectivity index (χ4n) is 1.61. The molecule has 2 rings (SSSR count). The first-order chi connectivity index (χ1) is 12.0. The molecule has 0 atom stereocenters. The second-order valence-electron chi connectivity index (χ2n) is 4.42. The average molecular weight is 436 g/mol. The zero-order chi connectivity index (χ0) is 18.2. The van der Waals surface area contributed by atoms with Crippen molar-refractivity contribution in [2.45, 2.75) is 5.03 Å². The first-order valence-corrected chi connectivity index (χ1v) is 8.55. The number of carbonyl (C=O) groups excluding carboxylic acids is 1. The molecular weight excluding hydrogens is 424 g/mol. The molecular formula is C13H12BrF2N5O3S. The highest BCUT2D eigenvalue weighted by Crippen LogP contribution is 2.24. The minimum atomic E-state index is -0.661. The third-order valence-electron chi connectivity index (χ3n) is 2.69. The third-order valence-corrected chi connectivity index (χ3v) is 4.24. The number of rotatable bonds is 7. The number of thioether (sulfide) groups is 1. The topological polar surface area (TPSA) is 113 Å². The van der Waals surface area contributed by atoms with Gasteiger partial charge in [0.1, 0.15) is 12.5 Å². The number of hydroxylamine groups is 1. The van der Waals surface area contributed by atoms with Crippen LogP contribution in [0.2, 0.25) is 0 Å². The molecule has 0 unspecified atom stereocenters. The van der Waals surface area contributed by atoms with E-state index in [9.17, 15) is 18.8 Å². The number of hydrogen-bond acceptors (Lipinski definition) is 7. The van der Waals surface area contributed by atoms with E-state index >= 15 is 0 Å². The molecule has 0 saturated carbocycles. The maximum Gasteiger partial charge on any atom is 0.230 e. The highest BCUT2D eigenvalue weighted by molar-refractivity contribution is 9.10. The molecule has 3 N–H and O–H groups in total. The summed E-state index contributed by atoms with van der Waals surface area (Å²) in [5.41, 5.74) is 2.25. The highest BCUT2D eigenvalue weighted by atomic mass is 79.9. The monoisotopic (exact) mass is 435 g/mol. The van der Waals surface area contributed by atoms with Crippen LogP contribution in [-0.2, 0) is 4.79 Å². The SMILES string of the molecule is O=C(CSc1nonc1C(=Nc1ccc(F)c(Br)c1)NO)NCCF. The Bertz CT molecular complexity index is 774. The zero-order valence-electron chi connectivity index (χ0n) is 12.5. The lowest BCUT2D eigenvalue weighted by Gasteiger charge is -2.04. The second-order valence-corrected chi connectivity index (χ2v) is 6.23. The molecule has 25 heavy (non-hydrogen) atoms. The van der Waals surface area contributed by atoms with E-state index in [2.05, 4.69) is 41.2 Å². The number of aliphatic imine (C=N–C) groups is 1. The third kappa shape index (κ3) is 5.47. The van der Waals surface area contributed by atoms with Crippen LogP contribution in [0, 0.1) is 5.82 Å². The minimum Gasteiger partial charge on any atom is -0.353 e. The molecule has 0 radical (unpaired) electrons. The van der Waals surface area contributed by atoms with E-state index in [1.165, 1.54) is 18.2 Å². The van der Waals surface area contributed by atoms with Gasteiger partial charge in [-0.2, -0.15) is 0 Å². The van der Waals surface area contributed by atoms with Gasteiger partial charge in [-0.15, -0.1) is 0 Å². The smallest absolute Gasteiger partial charge is 0.230 e. The highest BCUT2D eigenvalue weighted by Gasteiger charge is 2.18. The van der Waals surface area contributed by atoms with Crippen LogP contribution in [0.5, 0.6) is 0 Å². The summed E-state index contributed by atoms with van der Waals surface area (Å²) in [6.45, 7) is -0.737. The van der Waals surface area contributed by atoms with E-state index in [-0.39, 0.29) is 33.3 Å². The van der Waals surface area contributed by atoms with Crippen molar-refractivity contribution >= 4 is 45.1 Å². The molecule has 0 aliphatic carbocycles. The van der Waals surface area contributed by atoms with Crippen LogP contribution in [0.4, 0.5) is 14.5 Å². The number of carbonyl (C=O) groups is 1. The molecule has 8 nitrogen and oxygen atoms in total. The lowest BCUT2D eigenvalue weighted by molar-refractivity contribution is -0.118. The lowest BCUT2D eigenvalue weighted by Crippen LogP contribution is -2.27. The van der Waals surface area contributed by atoms with Crippen molar-refractivity contribution in [1.82, 2.24) is 21.1 Å². The number of nitrogens with zero attached hydrogens (tertiary/aromatic N) is 3. The van der Waals surface area contributed by atoms with Gasteiger partial charge in [-0.05, 0) is 44.4 Å². The Morgan fingerprint density at radius 1 is 1.44 bits per heavy atom. The maximum atomic E-state index is 13.3. The van der Waals surface area contributed by atoms with Gasteiger partial charge < -0.3 is 5.32 Å². The molecule has 1 aromatic carbocycles. The average Bonchev–Trinajstić information content (AvgIpc) is 3.07. The molecule has 0 bridgehead atoms. The van der Waals surface area contributed by atoms with Crippen LogP contribution in [0.15, 0.2) is 37.3 Å². The first-order valence-electron chi connectivity index (χ1n) is 6.77. The summed E-state index contributed by atoms with van der Waals surface area (Å²) < 4.78 is 30.1. The number of alkyl halides is 1. The summed E-state index contributed by atoms with van der Waals surface area (Å²) in [6.07, 6.45) is 0. The van der Waals surface area contributed by atoms with Crippen LogP contribution in [0.25, 0.3) is 0 Å². The van der Waals surface area contributed by atoms with Crippen LogP contribution in [0.1, 0.15) is 5.69 Å². The van der Waals surface area contributed by atoms with E-state index < -0.39 is 18.4 Å². The number of amides is 1. The van der Waals surface area contributed by atoms with Crippen molar-refractivity contribution in [2.75, 3.05) is 19.0 Å². The predicted octanol–water partition coefficient (Wildman–Crippen LogP) is 2.21. The van der Waals surface area contributed by atoms with Crippen molar-refractivity contribution in [2.24, 2.45) is 4.99 Å². The zero-order valence-corrected chi connectivity index (χ0v) is 14.9. The van der Waals surface area contributed by atoms with Gasteiger partial charge in [0, 0.05) is 6.54 Å². The summed E-state index contributed by atoms with van der Waals surface area (Å²) in [5.74, 6) is -1.01. The molecule has 2 aromatic rings. The van der Waals surface area contributed by atoms with Crippen LogP contribution in [-0.4, -0.2) is 46.2 Å². The van der Waals surface area contributed by atoms with Crippen molar-refractivity contribution < 1.29 is 23.4 Å². The minimum absolute atomic E-state index is 0.0536. The Morgan fingerprint density at radius 3 is 2.92 bits per heavy atom. The molecule has 0 fully saturated rings. The number of benzene rings is 1. The fraction of sp³-hybridized carbons (Fsp3) is 0.231. The molecule has 1 aromatic heterocycles. The van der Waals surface area contributed by atoms with E-state index in [1.807, 2.05) is 5.48 Å². The Balaban J connectivity index is 2.16. The molecule has 0 saturated heterocycles. The molecule has 134 valence electrons. The number of nitrogens with one attached hydrogen (secondary N) is 2. The Labute approximate surface area is 153 Å². The fourth-order valence-corrected chi connectivity index (χ4v) is 2.70. The molecule has 0 spiro atoms. The van der Waals surface area contributed by atoms with Crippen molar-refractivity contribution in [1.29, 1.82) is 0 Å². The van der Waals surface area contributed by atoms with Gasteiger partial charge in [0.05, 0.1) is 15.9 Å². The summed E-state index contributed by atoms with van der Waals surface area (Å²) in [4.78, 5) is 15.6. The van der Waals surface area contributed by atoms with Crippen molar-refractivity contribution in [3.05, 3.63) is 34.2 Å². The number of hydrogen-bond donors (Lipinski definition) is 3. The van der Waals surface area contributed by atoms with E-state index in [1.54, 1.807) is 0 Å². The number of halogens is 3. The Hall–Kier alpha value is -2.05. The van der Waals surface area contributed by atoms with Crippen molar-refractivity contribution in [3.63, 3.8) is 0 Å². The van der Waals surface area contributed by atoms with Gasteiger partial charge in [0.25, 0.3) is 0 Å². The van der Waals surface area contributed by atoms with E-state index in [0.717, 1.165) is 11.8 Å². The van der Waals surface area contributed by atoms with Gasteiger partial charge in [0.15, 0.2) is 16.6 Å². The maximum absolute atomic E-state index is 13.3. The standard InChI is InChI=1S/C13H12BrF2N5O3S/c14-8-5-7(1-2-9(8)16)18-12(19-23)11-13(21-24-20-11)25-6-10(22)17-4-3-15/h1-2,5,23H,3-4,6H2,(H,17,22)(H,18,19). The van der Waals surface area contributed by atoms with Gasteiger partial charge in [0.2, 0.25) is 5.91 Å². The summed E-state index contributed by atoms with van der Waals surface area (Å²) in [5, 5.41) is 19.1.